The summed E-state index contributed by atoms with van der Waals surface area (Å²) in [6.45, 7) is 5.53. The van der Waals surface area contributed by atoms with Gasteiger partial charge in [0.05, 0.1) is 13.2 Å². The molecule has 82 valence electrons. The Morgan fingerprint density at radius 2 is 1.71 bits per heavy atom. The number of hydrogen-bond acceptors (Lipinski definition) is 2. The summed E-state index contributed by atoms with van der Waals surface area (Å²) in [4.78, 5) is 2.57. The Labute approximate surface area is 87.6 Å². The van der Waals surface area contributed by atoms with Gasteiger partial charge in [0.15, 0.2) is 0 Å². The lowest BCUT2D eigenvalue weighted by Crippen LogP contribution is -2.37. The lowest BCUT2D eigenvalue weighted by Gasteiger charge is -2.29. The second-order valence-corrected chi connectivity index (χ2v) is 4.75. The second kappa shape index (κ2) is 5.72. The lowest BCUT2D eigenvalue weighted by atomic mass is 9.87. The van der Waals surface area contributed by atoms with E-state index in [1.54, 1.807) is 0 Å². The average molecular weight is 197 g/mol. The van der Waals surface area contributed by atoms with Crippen LogP contribution in [-0.4, -0.2) is 37.7 Å². The molecule has 1 saturated carbocycles. The highest BCUT2D eigenvalue weighted by molar-refractivity contribution is 4.69. The summed E-state index contributed by atoms with van der Waals surface area (Å²) in [6.07, 6.45) is 8.85. The maximum absolute atomic E-state index is 5.35. The Morgan fingerprint density at radius 1 is 1.00 bits per heavy atom. The van der Waals surface area contributed by atoms with Crippen LogP contribution in [0, 0.1) is 5.92 Å². The van der Waals surface area contributed by atoms with Crippen molar-refractivity contribution in [1.29, 1.82) is 0 Å². The number of nitrogens with zero attached hydrogens (tertiary/aromatic N) is 1. The van der Waals surface area contributed by atoms with Gasteiger partial charge in [-0.25, -0.2) is 0 Å². The fraction of sp³-hybridized carbons (Fsp3) is 1.00. The Hall–Kier alpha value is -0.0800. The molecule has 14 heavy (non-hydrogen) atoms. The molecule has 0 aromatic rings. The molecule has 1 saturated heterocycles. The van der Waals surface area contributed by atoms with E-state index in [4.69, 9.17) is 4.74 Å². The minimum absolute atomic E-state index is 0.949. The molecule has 0 aromatic heterocycles. The van der Waals surface area contributed by atoms with E-state index in [0.717, 1.165) is 32.2 Å². The van der Waals surface area contributed by atoms with Crippen LogP contribution in [0.1, 0.15) is 38.5 Å². The molecule has 2 fully saturated rings. The molecular formula is C12H23NO. The van der Waals surface area contributed by atoms with E-state index >= 15 is 0 Å². The van der Waals surface area contributed by atoms with E-state index in [0.29, 0.717) is 0 Å². The van der Waals surface area contributed by atoms with Crippen LogP contribution in [0.3, 0.4) is 0 Å². The summed E-state index contributed by atoms with van der Waals surface area (Å²) < 4.78 is 5.35. The molecule has 2 rings (SSSR count). The average Bonchev–Trinajstić information content (AvgIpc) is 2.29. The normalized spacial score (nSPS) is 26.6. The van der Waals surface area contributed by atoms with E-state index in [1.807, 2.05) is 0 Å². The van der Waals surface area contributed by atoms with E-state index < -0.39 is 0 Å². The fourth-order valence-electron chi connectivity index (χ4n) is 2.67. The van der Waals surface area contributed by atoms with Gasteiger partial charge in [0.2, 0.25) is 0 Å². The van der Waals surface area contributed by atoms with Gasteiger partial charge in [-0.15, -0.1) is 0 Å². The quantitative estimate of drug-likeness (QED) is 0.688. The summed E-state index contributed by atoms with van der Waals surface area (Å²) in [5.41, 5.74) is 0. The molecule has 0 atom stereocenters. The predicted octanol–water partition coefficient (Wildman–Crippen LogP) is 2.29. The largest absolute Gasteiger partial charge is 0.379 e. The number of rotatable bonds is 3. The van der Waals surface area contributed by atoms with Crippen LogP contribution in [0.4, 0.5) is 0 Å². The third kappa shape index (κ3) is 3.25. The van der Waals surface area contributed by atoms with Gasteiger partial charge < -0.3 is 4.74 Å². The lowest BCUT2D eigenvalue weighted by molar-refractivity contribution is 0.0346. The fourth-order valence-corrected chi connectivity index (χ4v) is 2.67. The van der Waals surface area contributed by atoms with E-state index in [2.05, 4.69) is 4.90 Å². The molecule has 2 nitrogen and oxygen atoms in total. The maximum atomic E-state index is 5.35. The van der Waals surface area contributed by atoms with Crippen molar-refractivity contribution in [1.82, 2.24) is 4.90 Å². The van der Waals surface area contributed by atoms with Crippen molar-refractivity contribution in [2.24, 2.45) is 5.92 Å². The first-order valence-corrected chi connectivity index (χ1v) is 6.25. The van der Waals surface area contributed by atoms with Crippen molar-refractivity contribution < 1.29 is 4.74 Å². The SMILES string of the molecule is C1CCC(CCN2CCOCC2)CC1. The van der Waals surface area contributed by atoms with Crippen LogP contribution in [0.25, 0.3) is 0 Å². The molecule has 0 aromatic carbocycles. The highest BCUT2D eigenvalue weighted by Gasteiger charge is 2.16. The van der Waals surface area contributed by atoms with Crippen LogP contribution in [0.2, 0.25) is 0 Å². The Balaban J connectivity index is 1.60. The van der Waals surface area contributed by atoms with Gasteiger partial charge in [-0.2, -0.15) is 0 Å². The van der Waals surface area contributed by atoms with Crippen molar-refractivity contribution >= 4 is 0 Å². The second-order valence-electron chi connectivity index (χ2n) is 4.75. The first kappa shape index (κ1) is 10.4. The van der Waals surface area contributed by atoms with E-state index in [1.165, 1.54) is 45.1 Å². The van der Waals surface area contributed by atoms with Crippen LogP contribution in [0.5, 0.6) is 0 Å². The highest BCUT2D eigenvalue weighted by atomic mass is 16.5. The standard InChI is InChI=1S/C12H23NO/c1-2-4-12(5-3-1)6-7-13-8-10-14-11-9-13/h12H,1-11H2. The van der Waals surface area contributed by atoms with Crippen molar-refractivity contribution in [3.05, 3.63) is 0 Å². The molecule has 0 bridgehead atoms. The molecule has 1 aliphatic heterocycles. The molecule has 2 aliphatic rings. The van der Waals surface area contributed by atoms with Gasteiger partial charge in [0, 0.05) is 13.1 Å². The molecule has 1 heterocycles. The maximum Gasteiger partial charge on any atom is 0.0594 e. The zero-order valence-corrected chi connectivity index (χ0v) is 9.21. The molecule has 0 spiro atoms. The molecule has 2 heteroatoms. The van der Waals surface area contributed by atoms with Gasteiger partial charge in [-0.05, 0) is 18.9 Å². The number of morpholine rings is 1. The van der Waals surface area contributed by atoms with Crippen LogP contribution in [0.15, 0.2) is 0 Å². The minimum Gasteiger partial charge on any atom is -0.379 e. The summed E-state index contributed by atoms with van der Waals surface area (Å²) >= 11 is 0. The summed E-state index contributed by atoms with van der Waals surface area (Å²) in [5.74, 6) is 1.03. The first-order chi connectivity index (χ1) is 6.95. The van der Waals surface area contributed by atoms with Gasteiger partial charge in [-0.1, -0.05) is 32.1 Å². The molecule has 0 N–H and O–H groups in total. The summed E-state index contributed by atoms with van der Waals surface area (Å²) in [5, 5.41) is 0. The van der Waals surface area contributed by atoms with E-state index in [9.17, 15) is 0 Å². The molecule has 0 amide bonds. The van der Waals surface area contributed by atoms with Crippen LogP contribution in [-0.2, 0) is 4.74 Å². The topological polar surface area (TPSA) is 12.5 Å². The van der Waals surface area contributed by atoms with Gasteiger partial charge in [0.25, 0.3) is 0 Å². The number of ether oxygens (including phenoxy) is 1. The summed E-state index contributed by atoms with van der Waals surface area (Å²) in [6, 6.07) is 0. The van der Waals surface area contributed by atoms with Crippen molar-refractivity contribution in [3.63, 3.8) is 0 Å². The summed E-state index contributed by atoms with van der Waals surface area (Å²) in [7, 11) is 0. The van der Waals surface area contributed by atoms with Crippen molar-refractivity contribution in [3.8, 4) is 0 Å². The number of hydrogen-bond donors (Lipinski definition) is 0. The Morgan fingerprint density at radius 3 is 2.43 bits per heavy atom. The zero-order chi connectivity index (χ0) is 9.64. The van der Waals surface area contributed by atoms with Crippen LogP contribution >= 0.6 is 0 Å². The minimum atomic E-state index is 0.949. The molecular weight excluding hydrogens is 174 g/mol. The van der Waals surface area contributed by atoms with Crippen molar-refractivity contribution in [2.45, 2.75) is 38.5 Å². The van der Waals surface area contributed by atoms with Crippen LogP contribution < -0.4 is 0 Å². The smallest absolute Gasteiger partial charge is 0.0594 e. The molecule has 1 aliphatic carbocycles. The highest BCUT2D eigenvalue weighted by Crippen LogP contribution is 2.26. The first-order valence-electron chi connectivity index (χ1n) is 6.25. The molecule has 0 radical (unpaired) electrons. The van der Waals surface area contributed by atoms with Gasteiger partial charge >= 0.3 is 0 Å². The van der Waals surface area contributed by atoms with Gasteiger partial charge in [-0.3, -0.25) is 4.90 Å². The van der Waals surface area contributed by atoms with E-state index in [-0.39, 0.29) is 0 Å². The van der Waals surface area contributed by atoms with Crippen molar-refractivity contribution in [2.75, 3.05) is 32.8 Å². The Bertz CT molecular complexity index is 130. The Kier molecular flexibility index (Phi) is 4.26. The third-order valence-electron chi connectivity index (χ3n) is 3.68. The molecule has 0 unspecified atom stereocenters. The zero-order valence-electron chi connectivity index (χ0n) is 9.21. The predicted molar refractivity (Wildman–Crippen MR) is 58.5 cm³/mol. The monoisotopic (exact) mass is 197 g/mol. The third-order valence-corrected chi connectivity index (χ3v) is 3.68. The van der Waals surface area contributed by atoms with Gasteiger partial charge in [0.1, 0.15) is 0 Å².